The van der Waals surface area contributed by atoms with E-state index in [-0.39, 0.29) is 23.4 Å². The molecule has 4 amide bonds. The number of hydrogen-bond donors (Lipinski definition) is 3. The van der Waals surface area contributed by atoms with Gasteiger partial charge in [-0.2, -0.15) is 5.26 Å². The lowest BCUT2D eigenvalue weighted by Crippen LogP contribution is -2.60. The first-order valence-corrected chi connectivity index (χ1v) is 13.1. The van der Waals surface area contributed by atoms with Gasteiger partial charge in [0.2, 0.25) is 17.7 Å². The van der Waals surface area contributed by atoms with Gasteiger partial charge in [-0.1, -0.05) is 20.8 Å². The third-order valence-electron chi connectivity index (χ3n) is 5.65. The highest BCUT2D eigenvalue weighted by Gasteiger charge is 2.41. The number of rotatable bonds is 6. The highest BCUT2D eigenvalue weighted by Crippen LogP contribution is 2.33. The molecule has 36 heavy (non-hydrogen) atoms. The number of amides is 4. The van der Waals surface area contributed by atoms with Gasteiger partial charge in [0.25, 0.3) is 0 Å². The third kappa shape index (κ3) is 6.94. The number of carboxylic acid groups (broad SMARTS) is 1. The van der Waals surface area contributed by atoms with Crippen LogP contribution in [-0.2, 0) is 24.2 Å². The minimum atomic E-state index is -3.76. The first-order chi connectivity index (χ1) is 16.4. The summed E-state index contributed by atoms with van der Waals surface area (Å²) in [5.41, 5.74) is -0.0134. The molecule has 0 spiro atoms. The van der Waals surface area contributed by atoms with Crippen molar-refractivity contribution >= 4 is 45.0 Å². The molecular formula is C23H31N5O7S. The van der Waals surface area contributed by atoms with E-state index in [0.717, 1.165) is 16.1 Å². The minimum absolute atomic E-state index is 0.106. The predicted molar refractivity (Wildman–Crippen MR) is 132 cm³/mol. The van der Waals surface area contributed by atoms with Gasteiger partial charge in [0.15, 0.2) is 9.84 Å². The molecule has 1 aromatic rings. The molecule has 3 atom stereocenters. The molecule has 3 N–H and O–H groups in total. The zero-order valence-electron chi connectivity index (χ0n) is 21.0. The fourth-order valence-corrected chi connectivity index (χ4v) is 4.50. The van der Waals surface area contributed by atoms with Gasteiger partial charge in [-0.05, 0) is 37.0 Å². The molecule has 13 heteroatoms. The van der Waals surface area contributed by atoms with Crippen molar-refractivity contribution in [3.63, 3.8) is 0 Å². The molecule has 0 aliphatic carbocycles. The van der Waals surface area contributed by atoms with Crippen molar-refractivity contribution in [3.8, 4) is 6.07 Å². The van der Waals surface area contributed by atoms with E-state index in [1.807, 2.05) is 26.8 Å². The normalized spacial score (nSPS) is 18.7. The summed E-state index contributed by atoms with van der Waals surface area (Å²) in [4.78, 5) is 53.1. The lowest BCUT2D eigenvalue weighted by molar-refractivity contribution is -0.131. The standard InChI is InChI=1S/C23H31N5O7S/c1-13-19(26-20(30)17(10-23(2,3)4)27(5)22(32)33)21(31)25-15-8-7-14(11-24)9-16(15)28(13)18(29)12-36(6,34)35/h7-9,13,17,19H,10,12H2,1-6H3,(H,25,31)(H,26,30)(H,32,33)/t13-,17-,19-/m0/s1. The van der Waals surface area contributed by atoms with Crippen LogP contribution in [-0.4, -0.2) is 79.4 Å². The van der Waals surface area contributed by atoms with Crippen LogP contribution in [0.2, 0.25) is 0 Å². The van der Waals surface area contributed by atoms with Crippen LogP contribution in [0, 0.1) is 16.7 Å². The molecule has 1 aromatic carbocycles. The van der Waals surface area contributed by atoms with Crippen LogP contribution in [0.4, 0.5) is 16.2 Å². The first kappa shape index (κ1) is 28.6. The molecule has 12 nitrogen and oxygen atoms in total. The number of fused-ring (bicyclic) bond motifs is 1. The van der Waals surface area contributed by atoms with Crippen molar-refractivity contribution in [2.24, 2.45) is 5.41 Å². The number of nitrogens with one attached hydrogen (secondary N) is 2. The van der Waals surface area contributed by atoms with Gasteiger partial charge < -0.3 is 20.6 Å². The lowest BCUT2D eigenvalue weighted by atomic mass is 9.87. The minimum Gasteiger partial charge on any atom is -0.465 e. The van der Waals surface area contributed by atoms with Crippen molar-refractivity contribution in [2.75, 3.05) is 29.3 Å². The Kier molecular flexibility index (Phi) is 8.36. The van der Waals surface area contributed by atoms with E-state index in [2.05, 4.69) is 10.6 Å². The highest BCUT2D eigenvalue weighted by molar-refractivity contribution is 7.91. The number of nitriles is 1. The van der Waals surface area contributed by atoms with E-state index in [9.17, 15) is 38.0 Å². The van der Waals surface area contributed by atoms with Crippen molar-refractivity contribution < 1.29 is 32.7 Å². The number of anilines is 2. The zero-order valence-corrected chi connectivity index (χ0v) is 21.8. The molecule has 1 aliphatic rings. The van der Waals surface area contributed by atoms with Crippen molar-refractivity contribution in [1.29, 1.82) is 5.26 Å². The first-order valence-electron chi connectivity index (χ1n) is 11.1. The molecule has 1 heterocycles. The number of benzene rings is 1. The van der Waals surface area contributed by atoms with Crippen LogP contribution in [0.25, 0.3) is 0 Å². The maximum Gasteiger partial charge on any atom is 0.407 e. The number of carbonyl (C=O) groups excluding carboxylic acids is 3. The Labute approximate surface area is 210 Å². The second-order valence-electron chi connectivity index (χ2n) is 10.1. The Bertz CT molecular complexity index is 1220. The molecular weight excluding hydrogens is 490 g/mol. The van der Waals surface area contributed by atoms with Gasteiger partial charge in [0.1, 0.15) is 17.8 Å². The number of carbonyl (C=O) groups is 4. The molecule has 0 saturated heterocycles. The monoisotopic (exact) mass is 521 g/mol. The van der Waals surface area contributed by atoms with Crippen molar-refractivity contribution in [1.82, 2.24) is 10.2 Å². The van der Waals surface area contributed by atoms with Gasteiger partial charge in [0.05, 0.1) is 29.0 Å². The topological polar surface area (TPSA) is 177 Å². The van der Waals surface area contributed by atoms with E-state index in [0.29, 0.717) is 0 Å². The maximum absolute atomic E-state index is 13.3. The van der Waals surface area contributed by atoms with Crippen LogP contribution in [0.5, 0.6) is 0 Å². The van der Waals surface area contributed by atoms with Gasteiger partial charge in [-0.25, -0.2) is 13.2 Å². The third-order valence-corrected chi connectivity index (χ3v) is 6.42. The number of likely N-dealkylation sites (N-methyl/N-ethyl adjacent to an activating group) is 1. The zero-order chi connectivity index (χ0) is 27.6. The Morgan fingerprint density at radius 1 is 1.31 bits per heavy atom. The Hall–Kier alpha value is -3.66. The van der Waals surface area contributed by atoms with Crippen LogP contribution >= 0.6 is 0 Å². The van der Waals surface area contributed by atoms with E-state index < -0.39 is 62.9 Å². The van der Waals surface area contributed by atoms with Gasteiger partial charge in [0, 0.05) is 13.3 Å². The fourth-order valence-electron chi connectivity index (χ4n) is 3.91. The number of hydrogen-bond acceptors (Lipinski definition) is 7. The van der Waals surface area contributed by atoms with Crippen molar-refractivity contribution in [2.45, 2.75) is 52.2 Å². The molecule has 1 aliphatic heterocycles. The Morgan fingerprint density at radius 2 is 1.92 bits per heavy atom. The highest BCUT2D eigenvalue weighted by atomic mass is 32.2. The molecule has 196 valence electrons. The summed E-state index contributed by atoms with van der Waals surface area (Å²) in [6, 6.07) is 2.53. The largest absolute Gasteiger partial charge is 0.465 e. The summed E-state index contributed by atoms with van der Waals surface area (Å²) in [7, 11) is -2.51. The predicted octanol–water partition coefficient (Wildman–Crippen LogP) is 1.18. The van der Waals surface area contributed by atoms with E-state index in [1.165, 1.54) is 32.2 Å². The SMILES string of the molecule is C[C@H]1[C@H](NC(=O)[C@H](CC(C)(C)C)N(C)C(=O)O)C(=O)Nc2ccc(C#N)cc2N1C(=O)CS(C)(=O)=O. The summed E-state index contributed by atoms with van der Waals surface area (Å²) in [5, 5.41) is 24.0. The van der Waals surface area contributed by atoms with E-state index in [4.69, 9.17) is 0 Å². The average Bonchev–Trinajstić information content (AvgIpc) is 2.83. The summed E-state index contributed by atoms with van der Waals surface area (Å²) < 4.78 is 23.8. The molecule has 0 fully saturated rings. The maximum atomic E-state index is 13.3. The van der Waals surface area contributed by atoms with Crippen LogP contribution in [0.1, 0.15) is 39.7 Å². The van der Waals surface area contributed by atoms with E-state index in [1.54, 1.807) is 0 Å². The summed E-state index contributed by atoms with van der Waals surface area (Å²) in [6.07, 6.45) is -0.298. The Morgan fingerprint density at radius 3 is 2.42 bits per heavy atom. The molecule has 0 saturated carbocycles. The summed E-state index contributed by atoms with van der Waals surface area (Å²) in [6.45, 7) is 6.95. The quantitative estimate of drug-likeness (QED) is 0.499. The number of sulfone groups is 1. The molecule has 0 unspecified atom stereocenters. The van der Waals surface area contributed by atoms with Crippen molar-refractivity contribution in [3.05, 3.63) is 23.8 Å². The fraction of sp³-hybridized carbons (Fsp3) is 0.522. The van der Waals surface area contributed by atoms with E-state index >= 15 is 0 Å². The second kappa shape index (κ2) is 10.5. The molecule has 0 aromatic heterocycles. The number of nitrogens with zero attached hydrogens (tertiary/aromatic N) is 3. The molecule has 2 rings (SSSR count). The second-order valence-corrected chi connectivity index (χ2v) is 12.2. The molecule has 0 radical (unpaired) electrons. The average molecular weight is 522 g/mol. The van der Waals surface area contributed by atoms with Gasteiger partial charge >= 0.3 is 6.09 Å². The lowest BCUT2D eigenvalue weighted by Gasteiger charge is -2.35. The summed E-state index contributed by atoms with van der Waals surface area (Å²) in [5.74, 6) is -3.16. The Balaban J connectivity index is 2.54. The summed E-state index contributed by atoms with van der Waals surface area (Å²) >= 11 is 0. The van der Waals surface area contributed by atoms with Crippen LogP contribution in [0.15, 0.2) is 18.2 Å². The smallest absolute Gasteiger partial charge is 0.407 e. The van der Waals surface area contributed by atoms with Crippen LogP contribution in [0.3, 0.4) is 0 Å². The van der Waals surface area contributed by atoms with Gasteiger partial charge in [-0.15, -0.1) is 0 Å². The molecule has 0 bridgehead atoms. The van der Waals surface area contributed by atoms with Crippen LogP contribution < -0.4 is 15.5 Å². The van der Waals surface area contributed by atoms with Gasteiger partial charge in [-0.3, -0.25) is 19.3 Å².